The molecule has 0 saturated carbocycles. The van der Waals surface area contributed by atoms with Crippen LogP contribution in [0.2, 0.25) is 0 Å². The molecule has 0 bridgehead atoms. The Kier molecular flexibility index (Phi) is 4.52. The molecule has 19 heavy (non-hydrogen) atoms. The van der Waals surface area contributed by atoms with Crippen LogP contribution >= 0.6 is 0 Å². The van der Waals surface area contributed by atoms with Gasteiger partial charge in [-0.25, -0.2) is 9.18 Å². The molecule has 5 heteroatoms. The number of aliphatic hydroxyl groups excluding tert-OH is 1. The van der Waals surface area contributed by atoms with Gasteiger partial charge < -0.3 is 15.7 Å². The lowest BCUT2D eigenvalue weighted by Crippen LogP contribution is -2.54. The van der Waals surface area contributed by atoms with Gasteiger partial charge in [0.25, 0.3) is 0 Å². The number of nitrogens with one attached hydrogen (secondary N) is 2. The third-order valence-electron chi connectivity index (χ3n) is 2.82. The van der Waals surface area contributed by atoms with Crippen molar-refractivity contribution in [2.24, 2.45) is 0 Å². The Morgan fingerprint density at radius 2 is 1.89 bits per heavy atom. The molecule has 0 radical (unpaired) electrons. The fourth-order valence-electron chi connectivity index (χ4n) is 1.61. The van der Waals surface area contributed by atoms with E-state index in [9.17, 15) is 9.18 Å². The van der Waals surface area contributed by atoms with E-state index in [2.05, 4.69) is 10.6 Å². The maximum absolute atomic E-state index is 13.2. The average molecular weight is 268 g/mol. The van der Waals surface area contributed by atoms with Crippen molar-refractivity contribution in [2.45, 2.75) is 38.8 Å². The number of halogens is 1. The first-order chi connectivity index (χ1) is 8.66. The SMILES string of the molecule is CC(C)(CO)NC(=O)NC(C)(C)c1cccc(F)c1. The molecule has 1 aromatic carbocycles. The van der Waals surface area contributed by atoms with Crippen LogP contribution in [0.4, 0.5) is 9.18 Å². The number of rotatable bonds is 4. The van der Waals surface area contributed by atoms with Gasteiger partial charge >= 0.3 is 6.03 Å². The van der Waals surface area contributed by atoms with Gasteiger partial charge in [0.05, 0.1) is 17.7 Å². The number of benzene rings is 1. The monoisotopic (exact) mass is 268 g/mol. The largest absolute Gasteiger partial charge is 0.394 e. The molecule has 4 nitrogen and oxygen atoms in total. The van der Waals surface area contributed by atoms with Crippen LogP contribution < -0.4 is 10.6 Å². The van der Waals surface area contributed by atoms with Crippen molar-refractivity contribution in [3.05, 3.63) is 35.6 Å². The van der Waals surface area contributed by atoms with E-state index in [1.54, 1.807) is 39.8 Å². The smallest absolute Gasteiger partial charge is 0.315 e. The second kappa shape index (κ2) is 5.57. The maximum Gasteiger partial charge on any atom is 0.315 e. The van der Waals surface area contributed by atoms with Gasteiger partial charge in [0, 0.05) is 0 Å². The highest BCUT2D eigenvalue weighted by molar-refractivity contribution is 5.75. The summed E-state index contributed by atoms with van der Waals surface area (Å²) in [5.74, 6) is -0.344. The van der Waals surface area contributed by atoms with E-state index in [4.69, 9.17) is 5.11 Å². The predicted molar refractivity (Wildman–Crippen MR) is 72.3 cm³/mol. The van der Waals surface area contributed by atoms with Crippen LogP contribution in [0, 0.1) is 5.82 Å². The van der Waals surface area contributed by atoms with Gasteiger partial charge in [0.2, 0.25) is 0 Å². The number of urea groups is 1. The molecule has 0 aliphatic heterocycles. The Morgan fingerprint density at radius 3 is 2.42 bits per heavy atom. The first kappa shape index (κ1) is 15.4. The van der Waals surface area contributed by atoms with E-state index in [1.807, 2.05) is 0 Å². The van der Waals surface area contributed by atoms with E-state index >= 15 is 0 Å². The minimum Gasteiger partial charge on any atom is -0.394 e. The Labute approximate surface area is 113 Å². The maximum atomic E-state index is 13.2. The summed E-state index contributed by atoms with van der Waals surface area (Å²) in [6.07, 6.45) is 0. The third-order valence-corrected chi connectivity index (χ3v) is 2.82. The molecule has 106 valence electrons. The summed E-state index contributed by atoms with van der Waals surface area (Å²) in [7, 11) is 0. The average Bonchev–Trinajstić information content (AvgIpc) is 2.27. The van der Waals surface area contributed by atoms with Gasteiger partial charge in [-0.15, -0.1) is 0 Å². The summed E-state index contributed by atoms with van der Waals surface area (Å²) < 4.78 is 13.2. The zero-order chi connectivity index (χ0) is 14.7. The van der Waals surface area contributed by atoms with Crippen LogP contribution in [-0.2, 0) is 5.54 Å². The lowest BCUT2D eigenvalue weighted by atomic mass is 9.94. The van der Waals surface area contributed by atoms with Crippen molar-refractivity contribution >= 4 is 6.03 Å². The summed E-state index contributed by atoms with van der Waals surface area (Å²) in [4.78, 5) is 11.9. The van der Waals surface area contributed by atoms with Crippen LogP contribution in [0.15, 0.2) is 24.3 Å². The zero-order valence-corrected chi connectivity index (χ0v) is 11.7. The molecule has 0 atom stereocenters. The van der Waals surface area contributed by atoms with Gasteiger partial charge in [-0.1, -0.05) is 12.1 Å². The third kappa shape index (κ3) is 4.52. The summed E-state index contributed by atoms with van der Waals surface area (Å²) >= 11 is 0. The van der Waals surface area contributed by atoms with Crippen molar-refractivity contribution < 1.29 is 14.3 Å². The summed E-state index contributed by atoms with van der Waals surface area (Å²) in [5, 5.41) is 14.5. The molecular weight excluding hydrogens is 247 g/mol. The van der Waals surface area contributed by atoms with Crippen molar-refractivity contribution in [3.8, 4) is 0 Å². The molecule has 1 aromatic rings. The minimum absolute atomic E-state index is 0.166. The molecule has 0 spiro atoms. The Bertz CT molecular complexity index is 459. The minimum atomic E-state index is -0.711. The number of hydrogen-bond acceptors (Lipinski definition) is 2. The normalized spacial score (nSPS) is 12.1. The van der Waals surface area contributed by atoms with Crippen LogP contribution in [0.3, 0.4) is 0 Å². The van der Waals surface area contributed by atoms with Gasteiger partial charge in [-0.3, -0.25) is 0 Å². The van der Waals surface area contributed by atoms with Crippen molar-refractivity contribution in [3.63, 3.8) is 0 Å². The Balaban J connectivity index is 2.77. The highest BCUT2D eigenvalue weighted by Gasteiger charge is 2.26. The second-order valence-corrected chi connectivity index (χ2v) is 5.76. The van der Waals surface area contributed by atoms with E-state index < -0.39 is 17.1 Å². The molecule has 2 amide bonds. The lowest BCUT2D eigenvalue weighted by Gasteiger charge is -2.30. The molecule has 0 fully saturated rings. The molecule has 0 heterocycles. The Hall–Kier alpha value is -1.62. The lowest BCUT2D eigenvalue weighted by molar-refractivity contribution is 0.177. The van der Waals surface area contributed by atoms with Crippen molar-refractivity contribution in [1.82, 2.24) is 10.6 Å². The highest BCUT2D eigenvalue weighted by atomic mass is 19.1. The fraction of sp³-hybridized carbons (Fsp3) is 0.500. The first-order valence-electron chi connectivity index (χ1n) is 6.13. The molecular formula is C14H21FN2O2. The van der Waals surface area contributed by atoms with Crippen LogP contribution in [0.1, 0.15) is 33.3 Å². The molecule has 0 aliphatic rings. The van der Waals surface area contributed by atoms with Gasteiger partial charge in [-0.05, 0) is 45.4 Å². The molecule has 0 unspecified atom stereocenters. The number of carbonyl (C=O) groups excluding carboxylic acids is 1. The zero-order valence-electron chi connectivity index (χ0n) is 11.7. The van der Waals surface area contributed by atoms with Crippen molar-refractivity contribution in [1.29, 1.82) is 0 Å². The van der Waals surface area contributed by atoms with Gasteiger partial charge in [-0.2, -0.15) is 0 Å². The summed E-state index contributed by atoms with van der Waals surface area (Å²) in [6, 6.07) is 5.68. The number of aliphatic hydroxyl groups is 1. The molecule has 1 rings (SSSR count). The van der Waals surface area contributed by atoms with Crippen LogP contribution in [0.25, 0.3) is 0 Å². The van der Waals surface area contributed by atoms with E-state index in [1.165, 1.54) is 12.1 Å². The summed E-state index contributed by atoms with van der Waals surface area (Å²) in [5.41, 5.74) is -0.746. The molecule has 0 saturated heterocycles. The number of carbonyl (C=O) groups is 1. The molecule has 3 N–H and O–H groups in total. The van der Waals surface area contributed by atoms with Crippen LogP contribution in [-0.4, -0.2) is 23.3 Å². The van der Waals surface area contributed by atoms with Crippen molar-refractivity contribution in [2.75, 3.05) is 6.61 Å². The first-order valence-corrected chi connectivity index (χ1v) is 6.13. The second-order valence-electron chi connectivity index (χ2n) is 5.76. The Morgan fingerprint density at radius 1 is 1.26 bits per heavy atom. The van der Waals surface area contributed by atoms with Gasteiger partial charge in [0.1, 0.15) is 5.82 Å². The predicted octanol–water partition coefficient (Wildman–Crippen LogP) is 2.13. The van der Waals surface area contributed by atoms with Gasteiger partial charge in [0.15, 0.2) is 0 Å². The standard InChI is InChI=1S/C14H21FN2O2/c1-13(2,9-18)16-12(19)17-14(3,4)10-6-5-7-11(15)8-10/h5-8,18H,9H2,1-4H3,(H2,16,17,19). The highest BCUT2D eigenvalue weighted by Crippen LogP contribution is 2.20. The van der Waals surface area contributed by atoms with E-state index in [-0.39, 0.29) is 12.4 Å². The fourth-order valence-corrected chi connectivity index (χ4v) is 1.61. The topological polar surface area (TPSA) is 61.4 Å². The molecule has 0 aliphatic carbocycles. The van der Waals surface area contributed by atoms with E-state index in [0.29, 0.717) is 5.56 Å². The quantitative estimate of drug-likeness (QED) is 0.783. The van der Waals surface area contributed by atoms with Crippen LogP contribution in [0.5, 0.6) is 0 Å². The molecule has 0 aromatic heterocycles. The number of amides is 2. The summed E-state index contributed by atoms with van der Waals surface area (Å²) in [6.45, 7) is 6.82. The van der Waals surface area contributed by atoms with E-state index in [0.717, 1.165) is 0 Å². The number of hydrogen-bond donors (Lipinski definition) is 3.